The van der Waals surface area contributed by atoms with E-state index in [1.165, 1.54) is 24.8 Å². The van der Waals surface area contributed by atoms with Crippen molar-refractivity contribution >= 4 is 11.7 Å². The summed E-state index contributed by atoms with van der Waals surface area (Å²) in [5.74, 6) is 0.831. The van der Waals surface area contributed by atoms with Crippen LogP contribution < -0.4 is 10.2 Å². The number of aromatic nitrogens is 1. The average molecular weight is 335 g/mol. The zero-order chi connectivity index (χ0) is 17.1. The molecule has 2 fully saturated rings. The summed E-state index contributed by atoms with van der Waals surface area (Å²) in [5.41, 5.74) is 2.15. The van der Waals surface area contributed by atoms with Gasteiger partial charge < -0.3 is 10.2 Å². The quantitative estimate of drug-likeness (QED) is 0.909. The monoisotopic (exact) mass is 335 g/mol. The fourth-order valence-electron chi connectivity index (χ4n) is 4.06. The summed E-state index contributed by atoms with van der Waals surface area (Å²) in [6, 6.07) is 14.3. The first-order chi connectivity index (χ1) is 12.3. The van der Waals surface area contributed by atoms with Crippen molar-refractivity contribution in [2.24, 2.45) is 0 Å². The van der Waals surface area contributed by atoms with Gasteiger partial charge in [0.1, 0.15) is 5.82 Å². The highest BCUT2D eigenvalue weighted by atomic mass is 16.1. The van der Waals surface area contributed by atoms with Crippen molar-refractivity contribution in [2.45, 2.75) is 37.5 Å². The first-order valence-electron chi connectivity index (χ1n) is 9.32. The maximum absolute atomic E-state index is 12.9. The molecule has 25 heavy (non-hydrogen) atoms. The molecule has 1 saturated heterocycles. The van der Waals surface area contributed by atoms with Gasteiger partial charge in [-0.1, -0.05) is 36.8 Å². The molecule has 4 rings (SSSR count). The zero-order valence-corrected chi connectivity index (χ0v) is 14.6. The number of nitrogens with one attached hydrogen (secondary N) is 1. The summed E-state index contributed by atoms with van der Waals surface area (Å²) >= 11 is 0. The number of pyridine rings is 1. The van der Waals surface area contributed by atoms with E-state index in [1.54, 1.807) is 6.20 Å². The van der Waals surface area contributed by atoms with E-state index in [1.807, 2.05) is 18.2 Å². The summed E-state index contributed by atoms with van der Waals surface area (Å²) in [6.07, 6.45) is 7.65. The minimum Gasteiger partial charge on any atom is -0.356 e. The van der Waals surface area contributed by atoms with Crippen molar-refractivity contribution in [1.29, 1.82) is 0 Å². The molecule has 0 unspecified atom stereocenters. The molecule has 1 amide bonds. The lowest BCUT2D eigenvalue weighted by atomic mass is 9.64. The second-order valence-electron chi connectivity index (χ2n) is 7.25. The molecule has 2 aromatic rings. The van der Waals surface area contributed by atoms with Crippen molar-refractivity contribution in [3.8, 4) is 0 Å². The van der Waals surface area contributed by atoms with Gasteiger partial charge in [-0.2, -0.15) is 0 Å². The average Bonchev–Trinajstić information content (AvgIpc) is 3.16. The fourth-order valence-corrected chi connectivity index (χ4v) is 4.06. The van der Waals surface area contributed by atoms with Crippen molar-refractivity contribution < 1.29 is 4.79 Å². The highest BCUT2D eigenvalue weighted by Crippen LogP contribution is 2.43. The highest BCUT2D eigenvalue weighted by molar-refractivity contribution is 5.99. The molecule has 0 atom stereocenters. The largest absolute Gasteiger partial charge is 0.356 e. The van der Waals surface area contributed by atoms with Crippen LogP contribution in [0, 0.1) is 0 Å². The van der Waals surface area contributed by atoms with Crippen molar-refractivity contribution in [3.05, 3.63) is 59.8 Å². The van der Waals surface area contributed by atoms with Crippen LogP contribution in [0.5, 0.6) is 0 Å². The Morgan fingerprint density at radius 1 is 1.04 bits per heavy atom. The second-order valence-corrected chi connectivity index (χ2v) is 7.25. The van der Waals surface area contributed by atoms with Gasteiger partial charge in [0.25, 0.3) is 5.91 Å². The van der Waals surface area contributed by atoms with Gasteiger partial charge in [-0.25, -0.2) is 4.98 Å². The number of hydrogen-bond acceptors (Lipinski definition) is 3. The highest BCUT2D eigenvalue weighted by Gasteiger charge is 2.38. The van der Waals surface area contributed by atoms with E-state index in [4.69, 9.17) is 0 Å². The van der Waals surface area contributed by atoms with Crippen LogP contribution in [0.15, 0.2) is 48.7 Å². The topological polar surface area (TPSA) is 45.2 Å². The molecule has 4 heteroatoms. The van der Waals surface area contributed by atoms with Crippen molar-refractivity contribution in [2.75, 3.05) is 24.5 Å². The lowest BCUT2D eigenvalue weighted by molar-refractivity contribution is 0.0928. The minimum atomic E-state index is -0.00259. The van der Waals surface area contributed by atoms with Gasteiger partial charge in [0, 0.05) is 31.2 Å². The third-order valence-electron chi connectivity index (χ3n) is 5.72. The normalized spacial score (nSPS) is 18.6. The van der Waals surface area contributed by atoms with Gasteiger partial charge in [-0.05, 0) is 43.4 Å². The van der Waals surface area contributed by atoms with Crippen LogP contribution in [0.2, 0.25) is 0 Å². The number of benzene rings is 1. The second kappa shape index (κ2) is 6.87. The van der Waals surface area contributed by atoms with Crippen molar-refractivity contribution in [3.63, 3.8) is 0 Å². The molecule has 1 aliphatic heterocycles. The summed E-state index contributed by atoms with van der Waals surface area (Å²) in [7, 11) is 0. The summed E-state index contributed by atoms with van der Waals surface area (Å²) in [5, 5.41) is 3.20. The molecule has 0 radical (unpaired) electrons. The van der Waals surface area contributed by atoms with Gasteiger partial charge in [-0.3, -0.25) is 4.79 Å². The molecular formula is C21H25N3O. The molecule has 2 aliphatic rings. The van der Waals surface area contributed by atoms with Crippen LogP contribution in [0.25, 0.3) is 0 Å². The van der Waals surface area contributed by atoms with Gasteiger partial charge in [-0.15, -0.1) is 0 Å². The van der Waals surface area contributed by atoms with E-state index in [2.05, 4.69) is 39.5 Å². The zero-order valence-electron chi connectivity index (χ0n) is 14.6. The van der Waals surface area contributed by atoms with Crippen LogP contribution in [-0.2, 0) is 5.41 Å². The molecule has 1 aliphatic carbocycles. The fraction of sp³-hybridized carbons (Fsp3) is 0.429. The van der Waals surface area contributed by atoms with Gasteiger partial charge in [0.15, 0.2) is 0 Å². The SMILES string of the molecule is O=C(NCC1(c2ccccc2)CCC1)c1cccnc1N1CCCC1. The van der Waals surface area contributed by atoms with Crippen LogP contribution in [-0.4, -0.2) is 30.5 Å². The maximum Gasteiger partial charge on any atom is 0.255 e. The molecule has 0 spiro atoms. The maximum atomic E-state index is 12.9. The molecule has 130 valence electrons. The lowest BCUT2D eigenvalue weighted by Gasteiger charge is -2.42. The number of carbonyl (C=O) groups is 1. The van der Waals surface area contributed by atoms with Gasteiger partial charge in [0.2, 0.25) is 0 Å². The third-order valence-corrected chi connectivity index (χ3v) is 5.72. The van der Waals surface area contributed by atoms with E-state index in [-0.39, 0.29) is 11.3 Å². The number of anilines is 1. The van der Waals surface area contributed by atoms with E-state index in [9.17, 15) is 4.79 Å². The predicted octanol–water partition coefficient (Wildman–Crippen LogP) is 3.53. The Morgan fingerprint density at radius 2 is 1.80 bits per heavy atom. The Hall–Kier alpha value is -2.36. The first-order valence-corrected chi connectivity index (χ1v) is 9.32. The number of amides is 1. The molecule has 4 nitrogen and oxygen atoms in total. The molecule has 1 N–H and O–H groups in total. The summed E-state index contributed by atoms with van der Waals surface area (Å²) < 4.78 is 0. The molecule has 1 saturated carbocycles. The van der Waals surface area contributed by atoms with Crippen molar-refractivity contribution in [1.82, 2.24) is 10.3 Å². The van der Waals surface area contributed by atoms with Crippen LogP contribution in [0.4, 0.5) is 5.82 Å². The number of hydrogen-bond donors (Lipinski definition) is 1. The first kappa shape index (κ1) is 16.1. The Kier molecular flexibility index (Phi) is 4.43. The standard InChI is InChI=1S/C21H25N3O/c25-20(18-10-6-13-22-19(18)24-14-4-5-15-24)23-16-21(11-7-12-21)17-8-2-1-3-9-17/h1-3,6,8-10,13H,4-5,7,11-12,14-16H2,(H,23,25). The third kappa shape index (κ3) is 3.13. The Labute approximate surface area is 149 Å². The van der Waals surface area contributed by atoms with E-state index < -0.39 is 0 Å². The number of carbonyl (C=O) groups excluding carboxylic acids is 1. The summed E-state index contributed by atoms with van der Waals surface area (Å²) in [4.78, 5) is 19.6. The van der Waals surface area contributed by atoms with E-state index in [0.717, 1.165) is 31.7 Å². The van der Waals surface area contributed by atoms with Gasteiger partial charge in [0.05, 0.1) is 5.56 Å². The Bertz CT molecular complexity index is 734. The van der Waals surface area contributed by atoms with Crippen LogP contribution in [0.3, 0.4) is 0 Å². The van der Waals surface area contributed by atoms with Gasteiger partial charge >= 0.3 is 0 Å². The predicted molar refractivity (Wildman–Crippen MR) is 100.0 cm³/mol. The molecule has 1 aromatic carbocycles. The van der Waals surface area contributed by atoms with E-state index in [0.29, 0.717) is 12.1 Å². The molecule has 0 bridgehead atoms. The van der Waals surface area contributed by atoms with E-state index >= 15 is 0 Å². The smallest absolute Gasteiger partial charge is 0.255 e. The molecule has 1 aromatic heterocycles. The van der Waals surface area contributed by atoms with Crippen LogP contribution >= 0.6 is 0 Å². The lowest BCUT2D eigenvalue weighted by Crippen LogP contribution is -2.45. The number of nitrogens with zero attached hydrogens (tertiary/aromatic N) is 2. The Balaban J connectivity index is 1.49. The van der Waals surface area contributed by atoms with Crippen LogP contribution in [0.1, 0.15) is 48.0 Å². The Morgan fingerprint density at radius 3 is 2.48 bits per heavy atom. The minimum absolute atomic E-state index is 0.00259. The number of rotatable bonds is 5. The molecule has 2 heterocycles. The molecular weight excluding hydrogens is 310 g/mol. The summed E-state index contributed by atoms with van der Waals surface area (Å²) in [6.45, 7) is 2.68.